The Balaban J connectivity index is 1.56. The first kappa shape index (κ1) is 14.9. The molecule has 1 heterocycles. The molecule has 1 aromatic rings. The lowest BCUT2D eigenvalue weighted by Crippen LogP contribution is -2.58. The lowest BCUT2D eigenvalue weighted by atomic mass is 9.67. The summed E-state index contributed by atoms with van der Waals surface area (Å²) >= 11 is 5.97. The van der Waals surface area contributed by atoms with Crippen LogP contribution in [0.2, 0.25) is 5.02 Å². The first-order chi connectivity index (χ1) is 10.1. The Morgan fingerprint density at radius 3 is 2.95 bits per heavy atom. The van der Waals surface area contributed by atoms with E-state index in [1.807, 2.05) is 24.3 Å². The summed E-state index contributed by atoms with van der Waals surface area (Å²) in [6.45, 7) is 1.61. The molecule has 0 aromatic heterocycles. The molecule has 1 saturated heterocycles. The number of piperidine rings is 1. The minimum absolute atomic E-state index is 0.167. The van der Waals surface area contributed by atoms with E-state index in [1.165, 1.54) is 19.3 Å². The van der Waals surface area contributed by atoms with Crippen LogP contribution in [-0.4, -0.2) is 29.9 Å². The second-order valence-electron chi connectivity index (χ2n) is 6.54. The van der Waals surface area contributed by atoms with Gasteiger partial charge in [0, 0.05) is 23.0 Å². The van der Waals surface area contributed by atoms with Gasteiger partial charge in [-0.3, -0.25) is 4.79 Å². The summed E-state index contributed by atoms with van der Waals surface area (Å²) in [5, 5.41) is 3.80. The fraction of sp³-hybridized carbons (Fsp3) is 0.588. The predicted molar refractivity (Wildman–Crippen MR) is 85.2 cm³/mol. The maximum atomic E-state index is 12.4. The van der Waals surface area contributed by atoms with E-state index in [9.17, 15) is 4.79 Å². The zero-order valence-corrected chi connectivity index (χ0v) is 13.3. The van der Waals surface area contributed by atoms with Gasteiger partial charge in [-0.25, -0.2) is 0 Å². The first-order valence-corrected chi connectivity index (χ1v) is 8.20. The van der Waals surface area contributed by atoms with Gasteiger partial charge in [0.2, 0.25) is 5.91 Å². The third-order valence-electron chi connectivity index (χ3n) is 5.26. The number of benzene rings is 1. The third kappa shape index (κ3) is 3.09. The molecule has 114 valence electrons. The van der Waals surface area contributed by atoms with Crippen molar-refractivity contribution in [2.45, 2.75) is 44.2 Å². The Morgan fingerprint density at radius 2 is 2.29 bits per heavy atom. The van der Waals surface area contributed by atoms with E-state index in [0.29, 0.717) is 12.1 Å². The van der Waals surface area contributed by atoms with Crippen LogP contribution in [0.25, 0.3) is 0 Å². The van der Waals surface area contributed by atoms with Crippen molar-refractivity contribution < 1.29 is 4.79 Å². The molecule has 1 saturated carbocycles. The van der Waals surface area contributed by atoms with Gasteiger partial charge in [0.1, 0.15) is 0 Å². The highest BCUT2D eigenvalue weighted by Gasteiger charge is 2.46. The number of nitrogens with zero attached hydrogens (tertiary/aromatic N) is 1. The monoisotopic (exact) mass is 306 g/mol. The summed E-state index contributed by atoms with van der Waals surface area (Å²) in [5.41, 5.74) is 1.37. The number of carbonyl (C=O) groups is 1. The molecular formula is C17H23ClN2O. The van der Waals surface area contributed by atoms with Gasteiger partial charge in [0.15, 0.2) is 0 Å². The normalized spacial score (nSPS) is 24.6. The Kier molecular flexibility index (Phi) is 4.23. The van der Waals surface area contributed by atoms with E-state index in [-0.39, 0.29) is 11.8 Å². The van der Waals surface area contributed by atoms with E-state index in [2.05, 4.69) is 17.3 Å². The molecule has 1 aliphatic carbocycles. The van der Waals surface area contributed by atoms with Gasteiger partial charge in [-0.2, -0.15) is 0 Å². The standard InChI is InChI=1S/C17H23ClN2O/c1-20-9-6-14(11-17(20)7-3-8-17)16(21)19-12-13-4-2-5-15(18)10-13/h2,4-5,10,14H,3,6-9,11-12H2,1H3,(H,19,21). The first-order valence-electron chi connectivity index (χ1n) is 7.82. The number of halogens is 1. The van der Waals surface area contributed by atoms with Crippen LogP contribution in [0.4, 0.5) is 0 Å². The van der Waals surface area contributed by atoms with Gasteiger partial charge < -0.3 is 10.2 Å². The van der Waals surface area contributed by atoms with Gasteiger partial charge in [0.05, 0.1) is 0 Å². The van der Waals surface area contributed by atoms with Crippen molar-refractivity contribution in [2.24, 2.45) is 5.92 Å². The quantitative estimate of drug-likeness (QED) is 0.930. The van der Waals surface area contributed by atoms with Crippen LogP contribution < -0.4 is 5.32 Å². The molecule has 3 nitrogen and oxygen atoms in total. The van der Waals surface area contributed by atoms with E-state index in [1.54, 1.807) is 0 Å². The van der Waals surface area contributed by atoms with Crippen LogP contribution in [0.3, 0.4) is 0 Å². The summed E-state index contributed by atoms with van der Waals surface area (Å²) < 4.78 is 0. The van der Waals surface area contributed by atoms with Crippen molar-refractivity contribution in [3.05, 3.63) is 34.9 Å². The second-order valence-corrected chi connectivity index (χ2v) is 6.97. The van der Waals surface area contributed by atoms with Crippen LogP contribution in [0.5, 0.6) is 0 Å². The van der Waals surface area contributed by atoms with Crippen molar-refractivity contribution >= 4 is 17.5 Å². The fourth-order valence-corrected chi connectivity index (χ4v) is 3.89. The molecule has 0 bridgehead atoms. The van der Waals surface area contributed by atoms with Gasteiger partial charge in [-0.15, -0.1) is 0 Å². The maximum Gasteiger partial charge on any atom is 0.223 e. The number of hydrogen-bond donors (Lipinski definition) is 1. The van der Waals surface area contributed by atoms with Crippen LogP contribution in [0.15, 0.2) is 24.3 Å². The molecule has 1 spiro atoms. The lowest BCUT2D eigenvalue weighted by Gasteiger charge is -2.53. The zero-order valence-electron chi connectivity index (χ0n) is 12.6. The largest absolute Gasteiger partial charge is 0.352 e. The highest BCUT2D eigenvalue weighted by molar-refractivity contribution is 6.30. The van der Waals surface area contributed by atoms with E-state index >= 15 is 0 Å². The number of rotatable bonds is 3. The number of likely N-dealkylation sites (tertiary alicyclic amines) is 1. The zero-order chi connectivity index (χ0) is 14.9. The maximum absolute atomic E-state index is 12.4. The Hall–Kier alpha value is -1.06. The Morgan fingerprint density at radius 1 is 1.48 bits per heavy atom. The average Bonchev–Trinajstić information content (AvgIpc) is 2.43. The van der Waals surface area contributed by atoms with Crippen molar-refractivity contribution in [3.8, 4) is 0 Å². The Labute approximate surface area is 131 Å². The van der Waals surface area contributed by atoms with Gasteiger partial charge >= 0.3 is 0 Å². The van der Waals surface area contributed by atoms with Crippen molar-refractivity contribution in [1.82, 2.24) is 10.2 Å². The van der Waals surface area contributed by atoms with Gasteiger partial charge in [-0.1, -0.05) is 23.7 Å². The van der Waals surface area contributed by atoms with Gasteiger partial charge in [0.25, 0.3) is 0 Å². The molecule has 2 fully saturated rings. The molecule has 1 aliphatic heterocycles. The second kappa shape index (κ2) is 5.98. The molecular weight excluding hydrogens is 284 g/mol. The van der Waals surface area contributed by atoms with E-state index < -0.39 is 0 Å². The summed E-state index contributed by atoms with van der Waals surface area (Å²) in [5.74, 6) is 0.370. The van der Waals surface area contributed by atoms with Crippen molar-refractivity contribution in [3.63, 3.8) is 0 Å². The molecule has 2 aliphatic rings. The van der Waals surface area contributed by atoms with E-state index in [0.717, 1.165) is 30.0 Å². The smallest absolute Gasteiger partial charge is 0.223 e. The molecule has 1 unspecified atom stereocenters. The summed E-state index contributed by atoms with van der Waals surface area (Å²) in [4.78, 5) is 14.9. The van der Waals surface area contributed by atoms with Crippen molar-refractivity contribution in [1.29, 1.82) is 0 Å². The third-order valence-corrected chi connectivity index (χ3v) is 5.50. The topological polar surface area (TPSA) is 32.3 Å². The minimum atomic E-state index is 0.167. The number of carbonyl (C=O) groups excluding carboxylic acids is 1. The van der Waals surface area contributed by atoms with Crippen LogP contribution in [0, 0.1) is 5.92 Å². The molecule has 3 rings (SSSR count). The summed E-state index contributed by atoms with van der Waals surface area (Å²) in [6.07, 6.45) is 5.80. The van der Waals surface area contributed by atoms with Gasteiger partial charge in [-0.05, 0) is 63.4 Å². The number of hydrogen-bond acceptors (Lipinski definition) is 2. The number of nitrogens with one attached hydrogen (secondary N) is 1. The van der Waals surface area contributed by atoms with Crippen molar-refractivity contribution in [2.75, 3.05) is 13.6 Å². The average molecular weight is 307 g/mol. The molecule has 1 amide bonds. The molecule has 4 heteroatoms. The van der Waals surface area contributed by atoms with Crippen LogP contribution in [0.1, 0.15) is 37.7 Å². The Bertz CT molecular complexity index is 527. The lowest BCUT2D eigenvalue weighted by molar-refractivity contribution is -0.130. The molecule has 1 atom stereocenters. The summed E-state index contributed by atoms with van der Waals surface area (Å²) in [6, 6.07) is 7.67. The predicted octanol–water partition coefficient (Wildman–Crippen LogP) is 3.22. The fourth-order valence-electron chi connectivity index (χ4n) is 3.68. The minimum Gasteiger partial charge on any atom is -0.352 e. The molecule has 1 aromatic carbocycles. The number of amides is 1. The molecule has 1 N–H and O–H groups in total. The highest BCUT2D eigenvalue weighted by Crippen LogP contribution is 2.45. The SMILES string of the molecule is CN1CCC(C(=O)NCc2cccc(Cl)c2)CC12CCC2. The van der Waals surface area contributed by atoms with E-state index in [4.69, 9.17) is 11.6 Å². The van der Waals surface area contributed by atoms with Crippen LogP contribution >= 0.6 is 11.6 Å². The highest BCUT2D eigenvalue weighted by atomic mass is 35.5. The van der Waals surface area contributed by atoms with Crippen LogP contribution in [-0.2, 0) is 11.3 Å². The molecule has 0 radical (unpaired) electrons. The summed E-state index contributed by atoms with van der Waals surface area (Å²) in [7, 11) is 2.21. The molecule has 21 heavy (non-hydrogen) atoms.